The fourth-order valence-electron chi connectivity index (χ4n) is 2.35. The summed E-state index contributed by atoms with van der Waals surface area (Å²) < 4.78 is 0. The first-order valence-corrected chi connectivity index (χ1v) is 7.03. The van der Waals surface area contributed by atoms with E-state index in [-0.39, 0.29) is 11.8 Å². The van der Waals surface area contributed by atoms with E-state index in [1.54, 1.807) is 6.20 Å². The lowest BCUT2D eigenvalue weighted by Crippen LogP contribution is -2.43. The highest BCUT2D eigenvalue weighted by Crippen LogP contribution is 2.20. The summed E-state index contributed by atoms with van der Waals surface area (Å²) in [5.41, 5.74) is 0.961. The monoisotopic (exact) mass is 262 g/mol. The van der Waals surface area contributed by atoms with Crippen LogP contribution in [0.2, 0.25) is 0 Å². The molecule has 1 N–H and O–H groups in total. The number of hydrogen-bond donors (Lipinski definition) is 1. The topological polar surface area (TPSA) is 58.1 Å². The van der Waals surface area contributed by atoms with Gasteiger partial charge in [0.05, 0.1) is 5.92 Å². The van der Waals surface area contributed by atoms with Crippen molar-refractivity contribution in [1.29, 1.82) is 0 Å². The van der Waals surface area contributed by atoms with Gasteiger partial charge in [0.15, 0.2) is 0 Å². The van der Waals surface area contributed by atoms with Crippen molar-refractivity contribution >= 4 is 11.9 Å². The summed E-state index contributed by atoms with van der Waals surface area (Å²) in [5, 5.41) is 2.98. The second-order valence-electron chi connectivity index (χ2n) is 5.07. The van der Waals surface area contributed by atoms with E-state index < -0.39 is 0 Å². The van der Waals surface area contributed by atoms with Crippen LogP contribution < -0.4 is 10.2 Å². The zero-order valence-electron chi connectivity index (χ0n) is 11.7. The van der Waals surface area contributed by atoms with Crippen LogP contribution in [0.15, 0.2) is 12.3 Å². The molecule has 1 aliphatic heterocycles. The lowest BCUT2D eigenvalue weighted by Gasteiger charge is -2.32. The Hall–Kier alpha value is -1.65. The number of aryl methyl sites for hydroxylation is 1. The van der Waals surface area contributed by atoms with Crippen molar-refractivity contribution < 1.29 is 4.79 Å². The smallest absolute Gasteiger partial charge is 0.225 e. The Kier molecular flexibility index (Phi) is 4.71. The maximum atomic E-state index is 12.0. The second-order valence-corrected chi connectivity index (χ2v) is 5.07. The van der Waals surface area contributed by atoms with Gasteiger partial charge in [-0.15, -0.1) is 0 Å². The Labute approximate surface area is 114 Å². The minimum absolute atomic E-state index is 0.0596. The summed E-state index contributed by atoms with van der Waals surface area (Å²) in [6, 6.07) is 1.89. The van der Waals surface area contributed by atoms with Gasteiger partial charge in [0.25, 0.3) is 0 Å². The third kappa shape index (κ3) is 3.66. The molecule has 1 saturated heterocycles. The van der Waals surface area contributed by atoms with Crippen LogP contribution in [0, 0.1) is 12.8 Å². The summed E-state index contributed by atoms with van der Waals surface area (Å²) in [6.45, 7) is 6.44. The second kappa shape index (κ2) is 6.50. The van der Waals surface area contributed by atoms with Crippen molar-refractivity contribution in [2.75, 3.05) is 24.5 Å². The molecule has 1 atom stereocenters. The Bertz CT molecular complexity index is 435. The first-order valence-electron chi connectivity index (χ1n) is 7.03. The van der Waals surface area contributed by atoms with Crippen LogP contribution in [0.4, 0.5) is 5.95 Å². The van der Waals surface area contributed by atoms with Gasteiger partial charge in [-0.1, -0.05) is 6.92 Å². The average molecular weight is 262 g/mol. The SMILES string of the molecule is CCCNC(=O)[C@@H]1CCCN(c2nccc(C)n2)C1. The van der Waals surface area contributed by atoms with E-state index >= 15 is 0 Å². The van der Waals surface area contributed by atoms with E-state index in [0.29, 0.717) is 0 Å². The van der Waals surface area contributed by atoms with Crippen LogP contribution >= 0.6 is 0 Å². The summed E-state index contributed by atoms with van der Waals surface area (Å²) in [4.78, 5) is 22.9. The van der Waals surface area contributed by atoms with Crippen molar-refractivity contribution in [3.05, 3.63) is 18.0 Å². The number of aromatic nitrogens is 2. The molecule has 1 aromatic rings. The number of carbonyl (C=O) groups is 1. The van der Waals surface area contributed by atoms with Gasteiger partial charge in [0.1, 0.15) is 0 Å². The van der Waals surface area contributed by atoms with Gasteiger partial charge in [-0.3, -0.25) is 4.79 Å². The molecule has 2 heterocycles. The standard InChI is InChI=1S/C14H22N4O/c1-3-7-15-13(19)12-5-4-9-18(10-12)14-16-8-6-11(2)17-14/h6,8,12H,3-5,7,9-10H2,1-2H3,(H,15,19)/t12-/m1/s1. The van der Waals surface area contributed by atoms with Gasteiger partial charge in [0, 0.05) is 31.5 Å². The van der Waals surface area contributed by atoms with Gasteiger partial charge in [-0.2, -0.15) is 0 Å². The van der Waals surface area contributed by atoms with E-state index in [0.717, 1.165) is 50.5 Å². The minimum atomic E-state index is 0.0596. The molecular formula is C14H22N4O. The van der Waals surface area contributed by atoms with Crippen molar-refractivity contribution in [1.82, 2.24) is 15.3 Å². The quantitative estimate of drug-likeness (QED) is 0.894. The van der Waals surface area contributed by atoms with E-state index in [1.807, 2.05) is 13.0 Å². The van der Waals surface area contributed by atoms with Crippen molar-refractivity contribution in [3.8, 4) is 0 Å². The van der Waals surface area contributed by atoms with E-state index in [9.17, 15) is 4.79 Å². The molecule has 5 nitrogen and oxygen atoms in total. The third-order valence-corrected chi connectivity index (χ3v) is 3.41. The van der Waals surface area contributed by atoms with E-state index in [2.05, 4.69) is 27.1 Å². The molecule has 0 aliphatic carbocycles. The highest BCUT2D eigenvalue weighted by Gasteiger charge is 2.26. The summed E-state index contributed by atoms with van der Waals surface area (Å²) in [7, 11) is 0. The molecule has 104 valence electrons. The third-order valence-electron chi connectivity index (χ3n) is 3.41. The molecule has 1 amide bonds. The number of hydrogen-bond acceptors (Lipinski definition) is 4. The first-order chi connectivity index (χ1) is 9.20. The number of anilines is 1. The number of carbonyl (C=O) groups excluding carboxylic acids is 1. The molecule has 19 heavy (non-hydrogen) atoms. The first kappa shape index (κ1) is 13.8. The molecule has 2 rings (SSSR count). The van der Waals surface area contributed by atoms with E-state index in [1.165, 1.54) is 0 Å². The van der Waals surface area contributed by atoms with Crippen LogP contribution in [0.25, 0.3) is 0 Å². The van der Waals surface area contributed by atoms with Crippen molar-refractivity contribution in [2.45, 2.75) is 33.1 Å². The molecule has 1 fully saturated rings. The lowest BCUT2D eigenvalue weighted by atomic mass is 9.97. The molecule has 0 radical (unpaired) electrons. The highest BCUT2D eigenvalue weighted by molar-refractivity contribution is 5.79. The van der Waals surface area contributed by atoms with Crippen LogP contribution in [0.1, 0.15) is 31.9 Å². The van der Waals surface area contributed by atoms with Crippen LogP contribution in [0.3, 0.4) is 0 Å². The number of amides is 1. The molecule has 0 spiro atoms. The summed E-state index contributed by atoms with van der Waals surface area (Å²) in [6.07, 6.45) is 4.72. The van der Waals surface area contributed by atoms with Crippen LogP contribution in [-0.2, 0) is 4.79 Å². The van der Waals surface area contributed by atoms with Gasteiger partial charge >= 0.3 is 0 Å². The largest absolute Gasteiger partial charge is 0.356 e. The zero-order valence-corrected chi connectivity index (χ0v) is 11.7. The molecule has 0 bridgehead atoms. The Morgan fingerprint density at radius 1 is 1.58 bits per heavy atom. The fourth-order valence-corrected chi connectivity index (χ4v) is 2.35. The van der Waals surface area contributed by atoms with Crippen LogP contribution in [-0.4, -0.2) is 35.5 Å². The number of nitrogens with one attached hydrogen (secondary N) is 1. The van der Waals surface area contributed by atoms with Crippen LogP contribution in [0.5, 0.6) is 0 Å². The van der Waals surface area contributed by atoms with Gasteiger partial charge in [0.2, 0.25) is 11.9 Å². The molecule has 1 aromatic heterocycles. The molecule has 0 unspecified atom stereocenters. The van der Waals surface area contributed by atoms with Crippen molar-refractivity contribution in [2.24, 2.45) is 5.92 Å². The highest BCUT2D eigenvalue weighted by atomic mass is 16.1. The normalized spacial score (nSPS) is 19.3. The number of nitrogens with zero attached hydrogens (tertiary/aromatic N) is 3. The molecule has 0 saturated carbocycles. The van der Waals surface area contributed by atoms with E-state index in [4.69, 9.17) is 0 Å². The molecular weight excluding hydrogens is 240 g/mol. The maximum absolute atomic E-state index is 12.0. The van der Waals surface area contributed by atoms with Gasteiger partial charge in [-0.25, -0.2) is 9.97 Å². The number of piperidine rings is 1. The van der Waals surface area contributed by atoms with Gasteiger partial charge < -0.3 is 10.2 Å². The lowest BCUT2D eigenvalue weighted by molar-refractivity contribution is -0.125. The zero-order chi connectivity index (χ0) is 13.7. The van der Waals surface area contributed by atoms with Crippen molar-refractivity contribution in [3.63, 3.8) is 0 Å². The minimum Gasteiger partial charge on any atom is -0.356 e. The Balaban J connectivity index is 1.99. The Morgan fingerprint density at radius 3 is 3.16 bits per heavy atom. The Morgan fingerprint density at radius 2 is 2.42 bits per heavy atom. The molecule has 0 aromatic carbocycles. The summed E-state index contributed by atoms with van der Waals surface area (Å²) in [5.74, 6) is 0.969. The fraction of sp³-hybridized carbons (Fsp3) is 0.643. The molecule has 1 aliphatic rings. The summed E-state index contributed by atoms with van der Waals surface area (Å²) >= 11 is 0. The number of rotatable bonds is 4. The molecule has 5 heteroatoms. The maximum Gasteiger partial charge on any atom is 0.225 e. The predicted octanol–water partition coefficient (Wildman–Crippen LogP) is 1.53. The predicted molar refractivity (Wildman–Crippen MR) is 75.0 cm³/mol. The van der Waals surface area contributed by atoms with Gasteiger partial charge in [-0.05, 0) is 32.3 Å². The average Bonchev–Trinajstić information content (AvgIpc) is 2.45.